The summed E-state index contributed by atoms with van der Waals surface area (Å²) < 4.78 is 11.8. The molecule has 0 fully saturated rings. The van der Waals surface area contributed by atoms with Crippen LogP contribution in [0.25, 0.3) is 194 Å². The summed E-state index contributed by atoms with van der Waals surface area (Å²) in [6.07, 6.45) is 8.69. The van der Waals surface area contributed by atoms with Crippen LogP contribution >= 0.6 is 0 Å². The molecular weight excluding hydrogens is 1230 g/mol. The molecule has 9 nitrogen and oxygen atoms in total. The fourth-order valence-corrected chi connectivity index (χ4v) is 16.2. The van der Waals surface area contributed by atoms with E-state index < -0.39 is 0 Å². The Bertz CT molecular complexity index is 6790. The Kier molecular flexibility index (Phi) is 12.6. The van der Waals surface area contributed by atoms with Crippen LogP contribution in [0.2, 0.25) is 0 Å². The molecule has 0 N–H and O–H groups in total. The van der Waals surface area contributed by atoms with Gasteiger partial charge >= 0.3 is 0 Å². The van der Waals surface area contributed by atoms with Crippen molar-refractivity contribution in [2.45, 2.75) is 12.8 Å². The Labute approximate surface area is 580 Å². The number of fused-ring (bicyclic) bond motifs is 15. The predicted octanol–water partition coefficient (Wildman–Crippen LogP) is 23.3. The van der Waals surface area contributed by atoms with Gasteiger partial charge in [-0.3, -0.25) is 9.13 Å². The Hall–Kier alpha value is -13.5. The van der Waals surface area contributed by atoms with E-state index in [1.807, 2.05) is 0 Å². The summed E-state index contributed by atoms with van der Waals surface area (Å²) in [5.74, 6) is 1.32. The maximum Gasteiger partial charge on any atom is 0.162 e. The highest BCUT2D eigenvalue weighted by atomic mass is 15.1. The van der Waals surface area contributed by atoms with Crippen molar-refractivity contribution in [3.05, 3.63) is 334 Å². The van der Waals surface area contributed by atoms with Crippen LogP contribution in [0.15, 0.2) is 334 Å². The van der Waals surface area contributed by atoms with Gasteiger partial charge in [-0.15, -0.1) is 0 Å². The molecule has 101 heavy (non-hydrogen) atoms. The Morgan fingerprint density at radius 2 is 0.604 bits per heavy atom. The van der Waals surface area contributed by atoms with Gasteiger partial charge in [0.05, 0.1) is 66.3 Å². The first kappa shape index (κ1) is 56.7. The van der Waals surface area contributed by atoms with Gasteiger partial charge < -0.3 is 13.7 Å². The second kappa shape index (κ2) is 22.5. The van der Waals surface area contributed by atoms with Gasteiger partial charge in [0.1, 0.15) is 11.3 Å². The molecular formula is C92H59N9. The number of benzene rings is 13. The van der Waals surface area contributed by atoms with E-state index in [1.165, 1.54) is 54.7 Å². The van der Waals surface area contributed by atoms with Gasteiger partial charge in [0.2, 0.25) is 0 Å². The average molecular weight is 1290 g/mol. The fourth-order valence-electron chi connectivity index (χ4n) is 16.2. The molecule has 0 aliphatic heterocycles. The van der Waals surface area contributed by atoms with Gasteiger partial charge in [-0.05, 0) is 157 Å². The normalized spacial score (nSPS) is 12.7. The van der Waals surface area contributed by atoms with E-state index in [0.717, 1.165) is 141 Å². The highest BCUT2D eigenvalue weighted by Crippen LogP contribution is 2.45. The van der Waals surface area contributed by atoms with Crippen LogP contribution in [0, 0.1) is 0 Å². The third-order valence-electron chi connectivity index (χ3n) is 20.8. The molecule has 7 heterocycles. The number of nitrogens with zero attached hydrogens (tertiary/aromatic N) is 9. The van der Waals surface area contributed by atoms with E-state index in [2.05, 4.69) is 357 Å². The molecule has 0 amide bonds. The number of aromatic nitrogens is 9. The van der Waals surface area contributed by atoms with Crippen molar-refractivity contribution >= 4 is 115 Å². The average Bonchev–Trinajstić information content (AvgIpc) is 1.58. The molecule has 7 aromatic heterocycles. The quantitative estimate of drug-likeness (QED) is 0.137. The van der Waals surface area contributed by atoms with Crippen LogP contribution in [-0.2, 0) is 0 Å². The molecule has 1 aliphatic carbocycles. The summed E-state index contributed by atoms with van der Waals surface area (Å²) in [6.45, 7) is 0. The molecule has 0 spiro atoms. The molecule has 0 saturated carbocycles. The standard InChI is InChI=1S/C92H59N9/c1-5-23-58(24-6-1)87-85-73-35-17-22-40-81(73)100(65-27-9-3-10-28-65)91(85)95-89(93-87)60-43-50-68(51-44-60)99-80-39-21-15-33-71(80)75-55-61(46-53-82(75)99)62-45-52-74-84(57-62)101(66-29-11-4-12-30-66)92-86(74)88(59-41-48-67(49-42-59)98-77-36-18-13-31-69(77)70-32-14-19-37-78(70)98)94-90(96-92)63-47-54-83-76(56-63)72-34-16-20-38-79(72)97(83)64-25-7-2-8-26-64/h1-7,9-25,27-57H,8,26H2. The van der Waals surface area contributed by atoms with Crippen LogP contribution < -0.4 is 0 Å². The van der Waals surface area contributed by atoms with Crippen LogP contribution in [0.4, 0.5) is 0 Å². The summed E-state index contributed by atoms with van der Waals surface area (Å²) in [5, 5.41) is 11.4. The van der Waals surface area contributed by atoms with Crippen LogP contribution in [0.5, 0.6) is 0 Å². The molecule has 13 aromatic carbocycles. The zero-order valence-corrected chi connectivity index (χ0v) is 54.7. The number of hydrogen-bond acceptors (Lipinski definition) is 4. The van der Waals surface area contributed by atoms with E-state index in [0.29, 0.717) is 11.6 Å². The minimum absolute atomic E-state index is 0.657. The minimum atomic E-state index is 0.657. The molecule has 0 unspecified atom stereocenters. The summed E-state index contributed by atoms with van der Waals surface area (Å²) in [6, 6.07) is 114. The number of rotatable bonds is 10. The fraction of sp³-hybridized carbons (Fsp3) is 0.0217. The van der Waals surface area contributed by atoms with E-state index in [4.69, 9.17) is 19.9 Å². The molecule has 1 aliphatic rings. The maximum atomic E-state index is 5.75. The monoisotopic (exact) mass is 1290 g/mol. The molecule has 9 heteroatoms. The van der Waals surface area contributed by atoms with Gasteiger partial charge in [0, 0.05) is 93.8 Å². The van der Waals surface area contributed by atoms with Gasteiger partial charge in [0.15, 0.2) is 11.6 Å². The van der Waals surface area contributed by atoms with Crippen molar-refractivity contribution < 1.29 is 0 Å². The zero-order chi connectivity index (χ0) is 66.2. The molecule has 20 aromatic rings. The SMILES string of the molecule is C1=CCCC(n2c3ccccc3c3cc(-c4nc(-c5ccc(-n6c7ccccc7c7ccccc76)cc5)c5c6ccc(-c7ccc8c(c7)c7ccccc7n8-c7ccc(-c8nc(-c9ccccc9)c9c%10ccccc%10n(-c%10ccccc%10)c9n8)cc7)cc6n(-c6ccccc6)c5n4)ccc32)=C1. The number of allylic oxidation sites excluding steroid dienone is 4. The highest BCUT2D eigenvalue weighted by molar-refractivity contribution is 6.18. The summed E-state index contributed by atoms with van der Waals surface area (Å²) in [7, 11) is 0. The smallest absolute Gasteiger partial charge is 0.162 e. The van der Waals surface area contributed by atoms with Crippen LogP contribution in [0.3, 0.4) is 0 Å². The van der Waals surface area contributed by atoms with Gasteiger partial charge in [0.25, 0.3) is 0 Å². The Balaban J connectivity index is 0.720. The Morgan fingerprint density at radius 1 is 0.238 bits per heavy atom. The number of hydrogen-bond donors (Lipinski definition) is 0. The first-order valence-electron chi connectivity index (χ1n) is 34.6. The summed E-state index contributed by atoms with van der Waals surface area (Å²) in [4.78, 5) is 22.4. The second-order valence-corrected chi connectivity index (χ2v) is 26.4. The number of para-hydroxylation sites is 7. The van der Waals surface area contributed by atoms with Gasteiger partial charge in [-0.2, -0.15) is 0 Å². The van der Waals surface area contributed by atoms with Crippen molar-refractivity contribution in [1.82, 2.24) is 42.8 Å². The molecule has 472 valence electrons. The van der Waals surface area contributed by atoms with Crippen molar-refractivity contribution in [1.29, 1.82) is 0 Å². The van der Waals surface area contributed by atoms with E-state index in [-0.39, 0.29) is 0 Å². The lowest BCUT2D eigenvalue weighted by molar-refractivity contribution is 0.979. The largest absolute Gasteiger partial charge is 0.313 e. The van der Waals surface area contributed by atoms with Gasteiger partial charge in [-0.25, -0.2) is 19.9 Å². The van der Waals surface area contributed by atoms with Crippen molar-refractivity contribution in [2.75, 3.05) is 0 Å². The first-order valence-corrected chi connectivity index (χ1v) is 34.6. The minimum Gasteiger partial charge on any atom is -0.313 e. The molecule has 0 atom stereocenters. The zero-order valence-electron chi connectivity index (χ0n) is 54.7. The third-order valence-corrected chi connectivity index (χ3v) is 20.8. The summed E-state index contributed by atoms with van der Waals surface area (Å²) >= 11 is 0. The lowest BCUT2D eigenvalue weighted by Crippen LogP contribution is -2.00. The second-order valence-electron chi connectivity index (χ2n) is 26.4. The van der Waals surface area contributed by atoms with Crippen molar-refractivity contribution in [2.24, 2.45) is 0 Å². The van der Waals surface area contributed by atoms with Crippen LogP contribution in [0.1, 0.15) is 12.8 Å². The first-order chi connectivity index (χ1) is 50.1. The van der Waals surface area contributed by atoms with Crippen molar-refractivity contribution in [3.63, 3.8) is 0 Å². The molecule has 0 radical (unpaired) electrons. The summed E-state index contributed by atoms with van der Waals surface area (Å²) in [5.41, 5.74) is 24.1. The van der Waals surface area contributed by atoms with Crippen molar-refractivity contribution in [3.8, 4) is 79.2 Å². The third kappa shape index (κ3) is 8.83. The molecule has 0 bridgehead atoms. The maximum absolute atomic E-state index is 5.75. The lowest BCUT2D eigenvalue weighted by atomic mass is 10.00. The van der Waals surface area contributed by atoms with Gasteiger partial charge in [-0.1, -0.05) is 200 Å². The topological polar surface area (TPSA) is 76.2 Å². The molecule has 21 rings (SSSR count). The highest BCUT2D eigenvalue weighted by Gasteiger charge is 2.26. The predicted molar refractivity (Wildman–Crippen MR) is 418 cm³/mol. The van der Waals surface area contributed by atoms with Crippen LogP contribution in [-0.4, -0.2) is 42.8 Å². The Morgan fingerprint density at radius 3 is 1.15 bits per heavy atom. The molecule has 0 saturated heterocycles. The van der Waals surface area contributed by atoms with E-state index >= 15 is 0 Å². The van der Waals surface area contributed by atoms with E-state index in [9.17, 15) is 0 Å². The lowest BCUT2D eigenvalue weighted by Gasteiger charge is -2.14. The van der Waals surface area contributed by atoms with E-state index in [1.54, 1.807) is 0 Å².